The number of carbonyl (C=O) groups excluding carboxylic acids is 2. The van der Waals surface area contributed by atoms with Gasteiger partial charge in [0, 0.05) is 28.7 Å². The van der Waals surface area contributed by atoms with Crippen molar-refractivity contribution in [1.29, 1.82) is 0 Å². The average Bonchev–Trinajstić information content (AvgIpc) is 3.00. The number of nitrogens with zero attached hydrogens (tertiary/aromatic N) is 1. The molecular formula is C17H19N3O2S. The molecule has 1 aliphatic heterocycles. The lowest BCUT2D eigenvalue weighted by Gasteiger charge is -2.32. The van der Waals surface area contributed by atoms with Gasteiger partial charge in [-0.3, -0.25) is 14.5 Å². The number of fused-ring (bicyclic) bond motifs is 1. The molecule has 2 heterocycles. The molecule has 1 aromatic heterocycles. The van der Waals surface area contributed by atoms with Crippen LogP contribution in [0.2, 0.25) is 0 Å². The van der Waals surface area contributed by atoms with Crippen molar-refractivity contribution in [2.45, 2.75) is 19.4 Å². The molecule has 120 valence electrons. The van der Waals surface area contributed by atoms with E-state index in [-0.39, 0.29) is 11.9 Å². The Kier molecular flexibility index (Phi) is 4.45. The summed E-state index contributed by atoms with van der Waals surface area (Å²) in [5.41, 5.74) is 7.63. The second kappa shape index (κ2) is 6.52. The van der Waals surface area contributed by atoms with Gasteiger partial charge in [0.05, 0.1) is 6.54 Å². The second-order valence-electron chi connectivity index (χ2n) is 5.69. The van der Waals surface area contributed by atoms with E-state index in [9.17, 15) is 9.59 Å². The fourth-order valence-corrected chi connectivity index (χ4v) is 3.84. The monoisotopic (exact) mass is 329 g/mol. The van der Waals surface area contributed by atoms with Gasteiger partial charge in [-0.15, -0.1) is 11.3 Å². The van der Waals surface area contributed by atoms with E-state index in [0.717, 1.165) is 13.0 Å². The first-order valence-corrected chi connectivity index (χ1v) is 8.42. The molecule has 0 bridgehead atoms. The first-order valence-electron chi connectivity index (χ1n) is 7.54. The topological polar surface area (TPSA) is 75.4 Å². The van der Waals surface area contributed by atoms with Crippen LogP contribution < -0.4 is 11.1 Å². The molecule has 2 amide bonds. The predicted molar refractivity (Wildman–Crippen MR) is 91.6 cm³/mol. The first kappa shape index (κ1) is 15.7. The lowest BCUT2D eigenvalue weighted by molar-refractivity contribution is -0.117. The number of anilines is 1. The Morgan fingerprint density at radius 3 is 2.74 bits per heavy atom. The molecule has 1 aliphatic rings. The van der Waals surface area contributed by atoms with E-state index >= 15 is 0 Å². The SMILES string of the molecule is C[C@@H]1c2ccsc2CCN1CC(=O)Nc1ccc(C(N)=O)cc1. The lowest BCUT2D eigenvalue weighted by atomic mass is 10.0. The highest BCUT2D eigenvalue weighted by Gasteiger charge is 2.26. The van der Waals surface area contributed by atoms with Crippen molar-refractivity contribution < 1.29 is 9.59 Å². The number of nitrogens with one attached hydrogen (secondary N) is 1. The van der Waals surface area contributed by atoms with Crippen LogP contribution in [0.5, 0.6) is 0 Å². The molecule has 0 spiro atoms. The average molecular weight is 329 g/mol. The van der Waals surface area contributed by atoms with Crippen LogP contribution in [0.4, 0.5) is 5.69 Å². The fraction of sp³-hybridized carbons (Fsp3) is 0.294. The van der Waals surface area contributed by atoms with Crippen LogP contribution >= 0.6 is 11.3 Å². The van der Waals surface area contributed by atoms with Crippen LogP contribution in [-0.2, 0) is 11.2 Å². The lowest BCUT2D eigenvalue weighted by Crippen LogP contribution is -2.39. The highest BCUT2D eigenvalue weighted by Crippen LogP contribution is 2.32. The highest BCUT2D eigenvalue weighted by atomic mass is 32.1. The van der Waals surface area contributed by atoms with Gasteiger partial charge >= 0.3 is 0 Å². The van der Waals surface area contributed by atoms with Crippen molar-refractivity contribution in [3.63, 3.8) is 0 Å². The third-order valence-corrected chi connectivity index (χ3v) is 5.20. The van der Waals surface area contributed by atoms with Crippen molar-refractivity contribution in [2.75, 3.05) is 18.4 Å². The Morgan fingerprint density at radius 2 is 2.04 bits per heavy atom. The van der Waals surface area contributed by atoms with Crippen molar-refractivity contribution in [3.05, 3.63) is 51.7 Å². The number of carbonyl (C=O) groups is 2. The maximum absolute atomic E-state index is 12.3. The number of nitrogens with two attached hydrogens (primary N) is 1. The third kappa shape index (κ3) is 3.43. The van der Waals surface area contributed by atoms with E-state index in [0.29, 0.717) is 17.8 Å². The van der Waals surface area contributed by atoms with Gasteiger partial charge in [-0.1, -0.05) is 0 Å². The van der Waals surface area contributed by atoms with Gasteiger partial charge in [0.15, 0.2) is 0 Å². The van der Waals surface area contributed by atoms with Crippen molar-refractivity contribution in [1.82, 2.24) is 4.90 Å². The number of hydrogen-bond acceptors (Lipinski definition) is 4. The first-order chi connectivity index (χ1) is 11.0. The number of thiophene rings is 1. The summed E-state index contributed by atoms with van der Waals surface area (Å²) in [5.74, 6) is -0.529. The maximum Gasteiger partial charge on any atom is 0.248 e. The number of primary amides is 1. The summed E-state index contributed by atoms with van der Waals surface area (Å²) < 4.78 is 0. The fourth-order valence-electron chi connectivity index (χ4n) is 2.88. The highest BCUT2D eigenvalue weighted by molar-refractivity contribution is 7.10. The number of benzene rings is 1. The van der Waals surface area contributed by atoms with E-state index in [1.807, 2.05) is 0 Å². The number of amides is 2. The number of rotatable bonds is 4. The predicted octanol–water partition coefficient (Wildman–Crippen LogP) is 2.40. The zero-order chi connectivity index (χ0) is 16.4. The van der Waals surface area contributed by atoms with E-state index in [2.05, 4.69) is 28.6 Å². The molecule has 0 radical (unpaired) electrons. The molecule has 3 N–H and O–H groups in total. The van der Waals surface area contributed by atoms with Crippen LogP contribution in [0.15, 0.2) is 35.7 Å². The minimum absolute atomic E-state index is 0.0534. The molecule has 1 atom stereocenters. The third-order valence-electron chi connectivity index (χ3n) is 4.20. The van der Waals surface area contributed by atoms with Gasteiger partial charge in [-0.25, -0.2) is 0 Å². The molecule has 0 saturated carbocycles. The van der Waals surface area contributed by atoms with Crippen molar-refractivity contribution in [2.24, 2.45) is 5.73 Å². The van der Waals surface area contributed by atoms with Crippen LogP contribution in [0, 0.1) is 0 Å². The number of hydrogen-bond donors (Lipinski definition) is 2. The van der Waals surface area contributed by atoms with Crippen LogP contribution in [0.25, 0.3) is 0 Å². The minimum atomic E-state index is -0.475. The Labute approximate surface area is 139 Å². The summed E-state index contributed by atoms with van der Waals surface area (Å²) >= 11 is 1.79. The van der Waals surface area contributed by atoms with Gasteiger partial charge in [-0.05, 0) is 54.6 Å². The smallest absolute Gasteiger partial charge is 0.248 e. The molecular weight excluding hydrogens is 310 g/mol. The summed E-state index contributed by atoms with van der Waals surface area (Å²) in [6, 6.07) is 9.01. The van der Waals surface area contributed by atoms with Crippen molar-refractivity contribution in [3.8, 4) is 0 Å². The molecule has 5 nitrogen and oxygen atoms in total. The molecule has 0 aliphatic carbocycles. The van der Waals surface area contributed by atoms with Crippen LogP contribution in [-0.4, -0.2) is 29.8 Å². The molecule has 1 aromatic carbocycles. The summed E-state index contributed by atoms with van der Waals surface area (Å²) in [6.07, 6.45) is 0.998. The summed E-state index contributed by atoms with van der Waals surface area (Å²) in [6.45, 7) is 3.39. The molecule has 0 saturated heterocycles. The van der Waals surface area contributed by atoms with E-state index < -0.39 is 5.91 Å². The molecule has 3 rings (SSSR count). The quantitative estimate of drug-likeness (QED) is 0.904. The second-order valence-corrected chi connectivity index (χ2v) is 6.69. The van der Waals surface area contributed by atoms with Crippen LogP contribution in [0.1, 0.15) is 33.8 Å². The van der Waals surface area contributed by atoms with Crippen molar-refractivity contribution >= 4 is 28.8 Å². The summed E-state index contributed by atoms with van der Waals surface area (Å²) in [5, 5.41) is 4.98. The van der Waals surface area contributed by atoms with Gasteiger partial charge in [0.25, 0.3) is 0 Å². The molecule has 2 aromatic rings. The normalized spacial score (nSPS) is 17.5. The van der Waals surface area contributed by atoms with E-state index in [1.54, 1.807) is 35.6 Å². The maximum atomic E-state index is 12.3. The zero-order valence-corrected chi connectivity index (χ0v) is 13.7. The largest absolute Gasteiger partial charge is 0.366 e. The van der Waals surface area contributed by atoms with Gasteiger partial charge in [0.2, 0.25) is 11.8 Å². The Morgan fingerprint density at radius 1 is 1.30 bits per heavy atom. The summed E-state index contributed by atoms with van der Waals surface area (Å²) in [7, 11) is 0. The van der Waals surface area contributed by atoms with E-state index in [1.165, 1.54) is 10.4 Å². The Balaban J connectivity index is 1.60. The standard InChI is InChI=1S/C17H19N3O2S/c1-11-14-7-9-23-15(14)6-8-20(11)10-16(21)19-13-4-2-12(3-5-13)17(18)22/h2-5,7,9,11H,6,8,10H2,1H3,(H2,18,22)(H,19,21)/t11-/m1/s1. The minimum Gasteiger partial charge on any atom is -0.366 e. The zero-order valence-electron chi connectivity index (χ0n) is 12.9. The van der Waals surface area contributed by atoms with Crippen LogP contribution in [0.3, 0.4) is 0 Å². The Hall–Kier alpha value is -2.18. The van der Waals surface area contributed by atoms with Gasteiger partial charge < -0.3 is 11.1 Å². The van der Waals surface area contributed by atoms with E-state index in [4.69, 9.17) is 5.73 Å². The molecule has 0 unspecified atom stereocenters. The summed E-state index contributed by atoms with van der Waals surface area (Å²) in [4.78, 5) is 26.9. The molecule has 0 fully saturated rings. The molecule has 23 heavy (non-hydrogen) atoms. The molecule has 6 heteroatoms. The van der Waals surface area contributed by atoms with Gasteiger partial charge in [-0.2, -0.15) is 0 Å². The Bertz CT molecular complexity index is 724. The van der Waals surface area contributed by atoms with Gasteiger partial charge in [0.1, 0.15) is 0 Å².